The molecule has 0 saturated carbocycles. The lowest BCUT2D eigenvalue weighted by Gasteiger charge is -2.29. The molecule has 5 heteroatoms. The third-order valence-corrected chi connectivity index (χ3v) is 4.20. The van der Waals surface area contributed by atoms with Gasteiger partial charge in [-0.25, -0.2) is 9.97 Å². The van der Waals surface area contributed by atoms with Crippen LogP contribution in [-0.2, 0) is 0 Å². The maximum Gasteiger partial charge on any atom is 0.134 e. The van der Waals surface area contributed by atoms with E-state index >= 15 is 0 Å². The van der Waals surface area contributed by atoms with E-state index in [2.05, 4.69) is 25.8 Å². The Bertz CT molecular complexity index is 420. The van der Waals surface area contributed by atoms with E-state index in [9.17, 15) is 5.11 Å². The zero-order valence-corrected chi connectivity index (χ0v) is 11.3. The van der Waals surface area contributed by atoms with E-state index < -0.39 is 0 Å². The quantitative estimate of drug-likeness (QED) is 0.893. The van der Waals surface area contributed by atoms with E-state index in [-0.39, 0.29) is 12.6 Å². The topological polar surface area (TPSA) is 52.5 Å². The molecule has 2 aliphatic heterocycles. The molecule has 104 valence electrons. The van der Waals surface area contributed by atoms with Crippen molar-refractivity contribution in [1.82, 2.24) is 9.97 Å². The number of nitrogens with zero attached hydrogens (tertiary/aromatic N) is 4. The van der Waals surface area contributed by atoms with Gasteiger partial charge in [-0.1, -0.05) is 0 Å². The minimum atomic E-state index is 0.211. The smallest absolute Gasteiger partial charge is 0.134 e. The van der Waals surface area contributed by atoms with E-state index in [1.54, 1.807) is 6.33 Å². The lowest BCUT2D eigenvalue weighted by Crippen LogP contribution is -2.34. The van der Waals surface area contributed by atoms with Gasteiger partial charge in [0.05, 0.1) is 12.6 Å². The predicted molar refractivity (Wildman–Crippen MR) is 75.5 cm³/mol. The van der Waals surface area contributed by atoms with Gasteiger partial charge in [-0.15, -0.1) is 0 Å². The summed E-state index contributed by atoms with van der Waals surface area (Å²) in [5.41, 5.74) is 0. The first-order chi connectivity index (χ1) is 9.38. The first-order valence-corrected chi connectivity index (χ1v) is 7.33. The van der Waals surface area contributed by atoms with Crippen molar-refractivity contribution in [3.8, 4) is 0 Å². The number of anilines is 2. The molecule has 0 amide bonds. The summed E-state index contributed by atoms with van der Waals surface area (Å²) in [5, 5.41) is 9.42. The molecule has 3 rings (SSSR count). The van der Waals surface area contributed by atoms with Crippen LogP contribution < -0.4 is 9.80 Å². The molecule has 1 N–H and O–H groups in total. The summed E-state index contributed by atoms with van der Waals surface area (Å²) < 4.78 is 0. The number of hydrogen-bond donors (Lipinski definition) is 1. The lowest BCUT2D eigenvalue weighted by atomic mass is 10.1. The molecule has 2 saturated heterocycles. The Labute approximate surface area is 114 Å². The average molecular weight is 262 g/mol. The van der Waals surface area contributed by atoms with Crippen LogP contribution in [0, 0.1) is 0 Å². The average Bonchev–Trinajstić information content (AvgIpc) is 2.97. The van der Waals surface area contributed by atoms with Crippen LogP contribution >= 0.6 is 0 Å². The van der Waals surface area contributed by atoms with Crippen molar-refractivity contribution in [2.45, 2.75) is 38.1 Å². The molecule has 5 nitrogen and oxygen atoms in total. The van der Waals surface area contributed by atoms with Crippen molar-refractivity contribution in [2.24, 2.45) is 0 Å². The molecule has 0 bridgehead atoms. The van der Waals surface area contributed by atoms with Crippen molar-refractivity contribution >= 4 is 11.6 Å². The summed E-state index contributed by atoms with van der Waals surface area (Å²) in [4.78, 5) is 13.4. The second kappa shape index (κ2) is 5.74. The number of hydrogen-bond acceptors (Lipinski definition) is 5. The van der Waals surface area contributed by atoms with Gasteiger partial charge >= 0.3 is 0 Å². The highest BCUT2D eigenvalue weighted by molar-refractivity contribution is 5.51. The first-order valence-electron chi connectivity index (χ1n) is 7.33. The molecule has 1 atom stereocenters. The molecule has 1 unspecified atom stereocenters. The summed E-state index contributed by atoms with van der Waals surface area (Å²) in [6.45, 7) is 3.39. The van der Waals surface area contributed by atoms with E-state index in [0.29, 0.717) is 0 Å². The molecule has 0 aromatic carbocycles. The second-order valence-electron chi connectivity index (χ2n) is 5.45. The highest BCUT2D eigenvalue weighted by atomic mass is 16.3. The Morgan fingerprint density at radius 3 is 2.63 bits per heavy atom. The van der Waals surface area contributed by atoms with Gasteiger partial charge in [-0.2, -0.15) is 0 Å². The summed E-state index contributed by atoms with van der Waals surface area (Å²) in [5.74, 6) is 2.00. The molecule has 3 heterocycles. The Morgan fingerprint density at radius 1 is 1.05 bits per heavy atom. The van der Waals surface area contributed by atoms with Gasteiger partial charge in [0.2, 0.25) is 0 Å². The minimum absolute atomic E-state index is 0.211. The first kappa shape index (κ1) is 12.7. The molecule has 19 heavy (non-hydrogen) atoms. The zero-order valence-electron chi connectivity index (χ0n) is 11.3. The Balaban J connectivity index is 1.79. The Morgan fingerprint density at radius 2 is 1.84 bits per heavy atom. The van der Waals surface area contributed by atoms with E-state index in [4.69, 9.17) is 0 Å². The largest absolute Gasteiger partial charge is 0.394 e. The van der Waals surface area contributed by atoms with Gasteiger partial charge in [0.25, 0.3) is 0 Å². The number of aromatic nitrogens is 2. The van der Waals surface area contributed by atoms with Gasteiger partial charge in [0, 0.05) is 25.7 Å². The van der Waals surface area contributed by atoms with Crippen molar-refractivity contribution in [3.05, 3.63) is 12.4 Å². The van der Waals surface area contributed by atoms with Crippen LogP contribution in [0.3, 0.4) is 0 Å². The molecule has 1 aromatic heterocycles. The van der Waals surface area contributed by atoms with Gasteiger partial charge in [-0.3, -0.25) is 0 Å². The van der Waals surface area contributed by atoms with Crippen molar-refractivity contribution in [2.75, 3.05) is 36.0 Å². The summed E-state index contributed by atoms with van der Waals surface area (Å²) >= 11 is 0. The van der Waals surface area contributed by atoms with E-state index in [1.165, 1.54) is 19.3 Å². The fourth-order valence-corrected chi connectivity index (χ4v) is 3.12. The van der Waals surface area contributed by atoms with Crippen LogP contribution in [-0.4, -0.2) is 47.4 Å². The molecule has 0 spiro atoms. The molecule has 2 fully saturated rings. The Kier molecular flexibility index (Phi) is 3.82. The number of aliphatic hydroxyl groups excluding tert-OH is 1. The third kappa shape index (κ3) is 2.66. The molecule has 1 aromatic rings. The van der Waals surface area contributed by atoms with Crippen LogP contribution in [0.1, 0.15) is 32.1 Å². The lowest BCUT2D eigenvalue weighted by molar-refractivity contribution is 0.266. The van der Waals surface area contributed by atoms with Crippen LogP contribution in [0.2, 0.25) is 0 Å². The summed E-state index contributed by atoms with van der Waals surface area (Å²) in [6, 6.07) is 2.31. The minimum Gasteiger partial charge on any atom is -0.394 e. The maximum atomic E-state index is 9.42. The zero-order chi connectivity index (χ0) is 13.1. The molecule has 2 aliphatic rings. The number of rotatable bonds is 3. The van der Waals surface area contributed by atoms with Crippen molar-refractivity contribution < 1.29 is 5.11 Å². The Hall–Kier alpha value is -1.36. The maximum absolute atomic E-state index is 9.42. The monoisotopic (exact) mass is 262 g/mol. The van der Waals surface area contributed by atoms with Gasteiger partial charge in [0.1, 0.15) is 18.0 Å². The summed E-state index contributed by atoms with van der Waals surface area (Å²) in [7, 11) is 0. The standard InChI is InChI=1S/C14H22N4O/c19-10-12-5-4-8-18(12)14-9-13(15-11-16-14)17-6-2-1-3-7-17/h9,11-12,19H,1-8,10H2. The van der Waals surface area contributed by atoms with Gasteiger partial charge < -0.3 is 14.9 Å². The molecule has 0 radical (unpaired) electrons. The van der Waals surface area contributed by atoms with E-state index in [1.807, 2.05) is 0 Å². The fourth-order valence-electron chi connectivity index (χ4n) is 3.12. The summed E-state index contributed by atoms with van der Waals surface area (Å²) in [6.07, 6.45) is 7.68. The number of piperidine rings is 1. The normalized spacial score (nSPS) is 23.9. The van der Waals surface area contributed by atoms with Crippen LogP contribution in [0.25, 0.3) is 0 Å². The van der Waals surface area contributed by atoms with Gasteiger partial charge in [-0.05, 0) is 32.1 Å². The highest BCUT2D eigenvalue weighted by Gasteiger charge is 2.25. The number of aliphatic hydroxyl groups is 1. The van der Waals surface area contributed by atoms with Crippen molar-refractivity contribution in [3.63, 3.8) is 0 Å². The van der Waals surface area contributed by atoms with Crippen LogP contribution in [0.5, 0.6) is 0 Å². The third-order valence-electron chi connectivity index (χ3n) is 4.20. The van der Waals surface area contributed by atoms with Gasteiger partial charge in [0.15, 0.2) is 0 Å². The fraction of sp³-hybridized carbons (Fsp3) is 0.714. The predicted octanol–water partition coefficient (Wildman–Crippen LogP) is 1.43. The van der Waals surface area contributed by atoms with Crippen molar-refractivity contribution in [1.29, 1.82) is 0 Å². The molecular formula is C14H22N4O. The molecule has 0 aliphatic carbocycles. The highest BCUT2D eigenvalue weighted by Crippen LogP contribution is 2.26. The SMILES string of the molecule is OCC1CCCN1c1cc(N2CCCCC2)ncn1. The second-order valence-corrected chi connectivity index (χ2v) is 5.45. The van der Waals surface area contributed by atoms with E-state index in [0.717, 1.165) is 44.1 Å². The molecular weight excluding hydrogens is 240 g/mol. The van der Waals surface area contributed by atoms with Crippen LogP contribution in [0.4, 0.5) is 11.6 Å². The van der Waals surface area contributed by atoms with Crippen LogP contribution in [0.15, 0.2) is 12.4 Å².